The van der Waals surface area contributed by atoms with Gasteiger partial charge in [0.25, 0.3) is 5.91 Å². The lowest BCUT2D eigenvalue weighted by Gasteiger charge is -2.30. The smallest absolute Gasteiger partial charge is 0.261 e. The highest BCUT2D eigenvalue weighted by molar-refractivity contribution is 5.88. The molecule has 0 spiro atoms. The lowest BCUT2D eigenvalue weighted by atomic mass is 10.1. The predicted molar refractivity (Wildman–Crippen MR) is 106 cm³/mol. The minimum absolute atomic E-state index is 0.171. The Morgan fingerprint density at radius 1 is 1.07 bits per heavy atom. The summed E-state index contributed by atoms with van der Waals surface area (Å²) in [6.07, 6.45) is 1.31. The number of halogens is 1. The van der Waals surface area contributed by atoms with E-state index in [4.69, 9.17) is 4.74 Å². The Kier molecular flexibility index (Phi) is 8.46. The van der Waals surface area contributed by atoms with Gasteiger partial charge in [-0.3, -0.25) is 9.59 Å². The number of nitrogens with zero attached hydrogens (tertiary/aromatic N) is 1. The molecule has 0 fully saturated rings. The Balaban J connectivity index is 2.14. The molecule has 0 unspecified atom stereocenters. The maximum Gasteiger partial charge on any atom is 0.261 e. The van der Waals surface area contributed by atoms with Gasteiger partial charge >= 0.3 is 0 Å². The summed E-state index contributed by atoms with van der Waals surface area (Å²) in [5, 5.41) is 2.87. The van der Waals surface area contributed by atoms with Crippen LogP contribution in [0.15, 0.2) is 54.6 Å². The molecule has 150 valence electrons. The second-order valence-corrected chi connectivity index (χ2v) is 6.46. The molecule has 2 amide bonds. The standard InChI is InChI=1S/C22H27FN2O3/c1-3-14-24-22(27)20(4-2)25(15-17-8-6-5-7-9-17)21(26)16-28-19-12-10-18(23)11-13-19/h5-13,20H,3-4,14-16H2,1-2H3,(H,24,27)/t20-/m0/s1. The first-order valence-electron chi connectivity index (χ1n) is 9.54. The molecule has 28 heavy (non-hydrogen) atoms. The zero-order valence-electron chi connectivity index (χ0n) is 16.4. The quantitative estimate of drug-likeness (QED) is 0.680. The molecule has 5 nitrogen and oxygen atoms in total. The van der Waals surface area contributed by atoms with Gasteiger partial charge in [-0.1, -0.05) is 44.2 Å². The second-order valence-electron chi connectivity index (χ2n) is 6.46. The van der Waals surface area contributed by atoms with Gasteiger partial charge in [0, 0.05) is 13.1 Å². The minimum atomic E-state index is -0.587. The van der Waals surface area contributed by atoms with Crippen molar-refractivity contribution in [2.45, 2.75) is 39.3 Å². The summed E-state index contributed by atoms with van der Waals surface area (Å²) in [5.41, 5.74) is 0.930. The van der Waals surface area contributed by atoms with Gasteiger partial charge < -0.3 is 15.0 Å². The number of rotatable bonds is 10. The molecular weight excluding hydrogens is 359 g/mol. The molecule has 2 aromatic carbocycles. The first-order valence-corrected chi connectivity index (χ1v) is 9.54. The molecule has 0 saturated carbocycles. The first kappa shape index (κ1) is 21.4. The minimum Gasteiger partial charge on any atom is -0.484 e. The molecule has 0 saturated heterocycles. The second kappa shape index (κ2) is 11.1. The fourth-order valence-corrected chi connectivity index (χ4v) is 2.82. The molecule has 0 bridgehead atoms. The highest BCUT2D eigenvalue weighted by atomic mass is 19.1. The van der Waals surface area contributed by atoms with Crippen LogP contribution >= 0.6 is 0 Å². The van der Waals surface area contributed by atoms with Crippen molar-refractivity contribution in [2.24, 2.45) is 0 Å². The maximum atomic E-state index is 13.0. The summed E-state index contributed by atoms with van der Waals surface area (Å²) in [6.45, 7) is 4.50. The van der Waals surface area contributed by atoms with Crippen molar-refractivity contribution in [3.8, 4) is 5.75 Å². The monoisotopic (exact) mass is 386 g/mol. The van der Waals surface area contributed by atoms with E-state index >= 15 is 0 Å². The average molecular weight is 386 g/mol. The fourth-order valence-electron chi connectivity index (χ4n) is 2.82. The maximum absolute atomic E-state index is 13.0. The normalized spacial score (nSPS) is 11.5. The van der Waals surface area contributed by atoms with Crippen molar-refractivity contribution < 1.29 is 18.7 Å². The zero-order valence-corrected chi connectivity index (χ0v) is 16.4. The molecule has 2 rings (SSSR count). The van der Waals surface area contributed by atoms with E-state index in [9.17, 15) is 14.0 Å². The number of amides is 2. The summed E-state index contributed by atoms with van der Waals surface area (Å²) < 4.78 is 18.5. The van der Waals surface area contributed by atoms with Crippen LogP contribution in [-0.4, -0.2) is 35.9 Å². The third-order valence-corrected chi connectivity index (χ3v) is 4.31. The summed E-state index contributed by atoms with van der Waals surface area (Å²) in [6, 6.07) is 14.4. The van der Waals surface area contributed by atoms with E-state index in [1.165, 1.54) is 24.3 Å². The molecule has 0 aromatic heterocycles. The van der Waals surface area contributed by atoms with E-state index < -0.39 is 6.04 Å². The number of hydrogen-bond acceptors (Lipinski definition) is 3. The van der Waals surface area contributed by atoms with Crippen molar-refractivity contribution in [2.75, 3.05) is 13.2 Å². The van der Waals surface area contributed by atoms with Crippen molar-refractivity contribution in [1.82, 2.24) is 10.2 Å². The van der Waals surface area contributed by atoms with Gasteiger partial charge in [-0.2, -0.15) is 0 Å². The SMILES string of the molecule is CCCNC(=O)[C@H](CC)N(Cc1ccccc1)C(=O)COc1ccc(F)cc1. The van der Waals surface area contributed by atoms with Crippen LogP contribution in [0, 0.1) is 5.82 Å². The van der Waals surface area contributed by atoms with E-state index in [1.54, 1.807) is 4.90 Å². The van der Waals surface area contributed by atoms with Gasteiger partial charge in [-0.05, 0) is 42.7 Å². The zero-order chi connectivity index (χ0) is 20.4. The molecule has 0 heterocycles. The van der Waals surface area contributed by atoms with Crippen LogP contribution in [-0.2, 0) is 16.1 Å². The molecule has 1 N–H and O–H groups in total. The Labute approximate surface area is 165 Å². The molecule has 0 radical (unpaired) electrons. The molecule has 0 aliphatic heterocycles. The lowest BCUT2D eigenvalue weighted by Crippen LogP contribution is -2.50. The van der Waals surface area contributed by atoms with Crippen LogP contribution in [0.4, 0.5) is 4.39 Å². The van der Waals surface area contributed by atoms with Crippen molar-refractivity contribution in [3.05, 3.63) is 66.0 Å². The fraction of sp³-hybridized carbons (Fsp3) is 0.364. The largest absolute Gasteiger partial charge is 0.484 e. The Hall–Kier alpha value is -2.89. The summed E-state index contributed by atoms with van der Waals surface area (Å²) in [7, 11) is 0. The lowest BCUT2D eigenvalue weighted by molar-refractivity contribution is -0.143. The van der Waals surface area contributed by atoms with E-state index in [0.29, 0.717) is 25.3 Å². The summed E-state index contributed by atoms with van der Waals surface area (Å²) in [4.78, 5) is 27.1. The average Bonchev–Trinajstić information content (AvgIpc) is 2.72. The highest BCUT2D eigenvalue weighted by Crippen LogP contribution is 2.15. The molecular formula is C22H27FN2O3. The van der Waals surface area contributed by atoms with E-state index in [1.807, 2.05) is 44.2 Å². The van der Waals surface area contributed by atoms with E-state index in [2.05, 4.69) is 5.32 Å². The topological polar surface area (TPSA) is 58.6 Å². The Bertz CT molecular complexity index is 750. The summed E-state index contributed by atoms with van der Waals surface area (Å²) >= 11 is 0. The third kappa shape index (κ3) is 6.37. The molecule has 0 aliphatic rings. The van der Waals surface area contributed by atoms with Crippen LogP contribution in [0.3, 0.4) is 0 Å². The third-order valence-electron chi connectivity index (χ3n) is 4.31. The van der Waals surface area contributed by atoms with Crippen LogP contribution in [0.1, 0.15) is 32.3 Å². The number of benzene rings is 2. The number of carbonyl (C=O) groups excluding carboxylic acids is 2. The number of nitrogens with one attached hydrogen (secondary N) is 1. The van der Waals surface area contributed by atoms with Crippen LogP contribution in [0.5, 0.6) is 5.75 Å². The van der Waals surface area contributed by atoms with Crippen LogP contribution in [0.25, 0.3) is 0 Å². The number of ether oxygens (including phenoxy) is 1. The number of hydrogen-bond donors (Lipinski definition) is 1. The van der Waals surface area contributed by atoms with Gasteiger partial charge in [0.1, 0.15) is 17.6 Å². The van der Waals surface area contributed by atoms with Crippen molar-refractivity contribution in [1.29, 1.82) is 0 Å². The van der Waals surface area contributed by atoms with Crippen LogP contribution < -0.4 is 10.1 Å². The van der Waals surface area contributed by atoms with Gasteiger partial charge in [-0.25, -0.2) is 4.39 Å². The van der Waals surface area contributed by atoms with Gasteiger partial charge in [0.2, 0.25) is 5.91 Å². The molecule has 1 atom stereocenters. The first-order chi connectivity index (χ1) is 13.5. The van der Waals surface area contributed by atoms with Gasteiger partial charge in [0.05, 0.1) is 0 Å². The molecule has 2 aromatic rings. The Morgan fingerprint density at radius 3 is 2.36 bits per heavy atom. The summed E-state index contributed by atoms with van der Waals surface area (Å²) in [5.74, 6) is -0.442. The van der Waals surface area contributed by atoms with E-state index in [-0.39, 0.29) is 24.2 Å². The van der Waals surface area contributed by atoms with Crippen molar-refractivity contribution in [3.63, 3.8) is 0 Å². The van der Waals surface area contributed by atoms with Gasteiger partial charge in [-0.15, -0.1) is 0 Å². The van der Waals surface area contributed by atoms with Crippen LogP contribution in [0.2, 0.25) is 0 Å². The molecule has 0 aliphatic carbocycles. The van der Waals surface area contributed by atoms with E-state index in [0.717, 1.165) is 12.0 Å². The van der Waals surface area contributed by atoms with Gasteiger partial charge in [0.15, 0.2) is 6.61 Å². The molecule has 6 heteroatoms. The Morgan fingerprint density at radius 2 is 1.75 bits per heavy atom. The highest BCUT2D eigenvalue weighted by Gasteiger charge is 2.28. The van der Waals surface area contributed by atoms with Crippen molar-refractivity contribution >= 4 is 11.8 Å². The number of carbonyl (C=O) groups is 2. The predicted octanol–water partition coefficient (Wildman–Crippen LogP) is 3.54.